The summed E-state index contributed by atoms with van der Waals surface area (Å²) in [6.45, 7) is 9.10. The van der Waals surface area contributed by atoms with Crippen LogP contribution >= 0.6 is 0 Å². The number of benzene rings is 2. The van der Waals surface area contributed by atoms with E-state index < -0.39 is 0 Å². The lowest BCUT2D eigenvalue weighted by Gasteiger charge is -2.23. The summed E-state index contributed by atoms with van der Waals surface area (Å²) in [5, 5.41) is 11.2. The molecule has 0 aliphatic carbocycles. The van der Waals surface area contributed by atoms with Gasteiger partial charge in [0.1, 0.15) is 17.9 Å². The molecule has 2 aromatic rings. The number of aryl methyl sites for hydroxylation is 1. The number of carbonyl (C=O) groups excluding carboxylic acids is 1. The third-order valence-corrected chi connectivity index (χ3v) is 4.07. The standard InChI is InChI=1S/C22H26N2O2/c1-16-5-10-19(22(2,3)4)20(15-16)26-18-8-6-17(7-9-18)12-14-24-21(25)11-13-23/h5-10,15H,11-12,14H2,1-4H3,(H,24,25). The van der Waals surface area contributed by atoms with Crippen LogP contribution in [0.25, 0.3) is 0 Å². The molecule has 136 valence electrons. The van der Waals surface area contributed by atoms with Gasteiger partial charge in [-0.3, -0.25) is 4.79 Å². The Labute approximate surface area is 155 Å². The molecule has 2 aromatic carbocycles. The quantitative estimate of drug-likeness (QED) is 0.824. The first kappa shape index (κ1) is 19.5. The Morgan fingerprint density at radius 1 is 1.15 bits per heavy atom. The van der Waals surface area contributed by atoms with Gasteiger partial charge in [0.15, 0.2) is 0 Å². The molecule has 0 aliphatic rings. The van der Waals surface area contributed by atoms with Crippen LogP contribution in [0.5, 0.6) is 11.5 Å². The van der Waals surface area contributed by atoms with Crippen molar-refractivity contribution in [2.24, 2.45) is 0 Å². The van der Waals surface area contributed by atoms with Crippen LogP contribution in [0.3, 0.4) is 0 Å². The van der Waals surface area contributed by atoms with Crippen molar-refractivity contribution in [3.8, 4) is 17.6 Å². The second kappa shape index (κ2) is 8.53. The number of ether oxygens (including phenoxy) is 1. The lowest BCUT2D eigenvalue weighted by Crippen LogP contribution is -2.24. The zero-order valence-corrected chi connectivity index (χ0v) is 15.9. The summed E-state index contributed by atoms with van der Waals surface area (Å²) in [7, 11) is 0. The number of rotatable bonds is 6. The molecule has 0 saturated carbocycles. The summed E-state index contributed by atoms with van der Waals surface area (Å²) in [4.78, 5) is 11.3. The molecule has 0 spiro atoms. The molecule has 0 fully saturated rings. The topological polar surface area (TPSA) is 62.1 Å². The van der Waals surface area contributed by atoms with E-state index in [1.165, 1.54) is 5.56 Å². The van der Waals surface area contributed by atoms with Gasteiger partial charge >= 0.3 is 0 Å². The smallest absolute Gasteiger partial charge is 0.234 e. The predicted molar refractivity (Wildman–Crippen MR) is 103 cm³/mol. The van der Waals surface area contributed by atoms with E-state index in [2.05, 4.69) is 51.2 Å². The van der Waals surface area contributed by atoms with Crippen LogP contribution in [-0.4, -0.2) is 12.5 Å². The summed E-state index contributed by atoms with van der Waals surface area (Å²) >= 11 is 0. The van der Waals surface area contributed by atoms with Crippen LogP contribution < -0.4 is 10.1 Å². The summed E-state index contributed by atoms with van der Waals surface area (Å²) in [6, 6.07) is 16.0. The summed E-state index contributed by atoms with van der Waals surface area (Å²) in [5.74, 6) is 1.44. The summed E-state index contributed by atoms with van der Waals surface area (Å²) in [5.41, 5.74) is 3.45. The molecule has 0 atom stereocenters. The molecule has 0 aromatic heterocycles. The van der Waals surface area contributed by atoms with E-state index in [4.69, 9.17) is 10.00 Å². The molecule has 0 saturated heterocycles. The van der Waals surface area contributed by atoms with Crippen molar-refractivity contribution in [1.82, 2.24) is 5.32 Å². The van der Waals surface area contributed by atoms with Crippen molar-refractivity contribution in [2.75, 3.05) is 6.54 Å². The van der Waals surface area contributed by atoms with Crippen LogP contribution in [0.2, 0.25) is 0 Å². The number of amides is 1. The van der Waals surface area contributed by atoms with E-state index in [0.29, 0.717) is 6.54 Å². The fraction of sp³-hybridized carbons (Fsp3) is 0.364. The molecular formula is C22H26N2O2. The van der Waals surface area contributed by atoms with Gasteiger partial charge in [-0.05, 0) is 48.1 Å². The second-order valence-electron chi connectivity index (χ2n) is 7.43. The van der Waals surface area contributed by atoms with Gasteiger partial charge in [-0.1, -0.05) is 45.0 Å². The molecule has 0 aliphatic heterocycles. The van der Waals surface area contributed by atoms with Gasteiger partial charge in [0.25, 0.3) is 0 Å². The monoisotopic (exact) mass is 350 g/mol. The van der Waals surface area contributed by atoms with E-state index in [0.717, 1.165) is 29.0 Å². The molecule has 2 rings (SSSR count). The average Bonchev–Trinajstić information content (AvgIpc) is 2.55. The Hall–Kier alpha value is -2.80. The summed E-state index contributed by atoms with van der Waals surface area (Å²) in [6.07, 6.45) is 0.620. The number of carbonyl (C=O) groups is 1. The zero-order valence-electron chi connectivity index (χ0n) is 15.9. The largest absolute Gasteiger partial charge is 0.457 e. The van der Waals surface area contributed by atoms with Crippen molar-refractivity contribution in [1.29, 1.82) is 5.26 Å². The highest BCUT2D eigenvalue weighted by molar-refractivity contribution is 5.77. The number of nitriles is 1. The van der Waals surface area contributed by atoms with Crippen LogP contribution in [0, 0.1) is 18.3 Å². The van der Waals surface area contributed by atoms with Crippen molar-refractivity contribution < 1.29 is 9.53 Å². The van der Waals surface area contributed by atoms with Crippen molar-refractivity contribution in [3.05, 3.63) is 59.2 Å². The molecule has 26 heavy (non-hydrogen) atoms. The maximum absolute atomic E-state index is 11.3. The van der Waals surface area contributed by atoms with E-state index in [1.807, 2.05) is 30.3 Å². The van der Waals surface area contributed by atoms with Gasteiger partial charge in [0.05, 0.1) is 6.07 Å². The van der Waals surface area contributed by atoms with Gasteiger partial charge in [0, 0.05) is 12.1 Å². The van der Waals surface area contributed by atoms with Gasteiger partial charge in [-0.25, -0.2) is 0 Å². The Kier molecular flexibility index (Phi) is 6.41. The first-order valence-corrected chi connectivity index (χ1v) is 8.81. The highest BCUT2D eigenvalue weighted by Crippen LogP contribution is 2.34. The number of hydrogen-bond acceptors (Lipinski definition) is 3. The third-order valence-electron chi connectivity index (χ3n) is 4.07. The van der Waals surface area contributed by atoms with Crippen LogP contribution in [0.15, 0.2) is 42.5 Å². The highest BCUT2D eigenvalue weighted by atomic mass is 16.5. The van der Waals surface area contributed by atoms with E-state index in [1.54, 1.807) is 0 Å². The van der Waals surface area contributed by atoms with Gasteiger partial charge < -0.3 is 10.1 Å². The average molecular weight is 350 g/mol. The second-order valence-corrected chi connectivity index (χ2v) is 7.43. The minimum Gasteiger partial charge on any atom is -0.457 e. The molecular weight excluding hydrogens is 324 g/mol. The van der Waals surface area contributed by atoms with E-state index in [-0.39, 0.29) is 17.7 Å². The molecule has 0 unspecified atom stereocenters. The maximum atomic E-state index is 11.3. The maximum Gasteiger partial charge on any atom is 0.234 e. The van der Waals surface area contributed by atoms with Crippen molar-refractivity contribution in [2.45, 2.75) is 46.0 Å². The van der Waals surface area contributed by atoms with Crippen LogP contribution in [0.1, 0.15) is 43.9 Å². The van der Waals surface area contributed by atoms with Crippen molar-refractivity contribution in [3.63, 3.8) is 0 Å². The predicted octanol–water partition coefficient (Wildman–Crippen LogP) is 4.66. The minimum absolute atomic E-state index is 0.00457. The Balaban J connectivity index is 2.03. The Morgan fingerprint density at radius 3 is 2.46 bits per heavy atom. The highest BCUT2D eigenvalue weighted by Gasteiger charge is 2.19. The van der Waals surface area contributed by atoms with Crippen LogP contribution in [-0.2, 0) is 16.6 Å². The normalized spacial score (nSPS) is 10.9. The minimum atomic E-state index is -0.235. The molecule has 0 bridgehead atoms. The number of hydrogen-bond donors (Lipinski definition) is 1. The Morgan fingerprint density at radius 2 is 1.85 bits per heavy atom. The SMILES string of the molecule is Cc1ccc(C(C)(C)C)c(Oc2ccc(CCNC(=O)CC#N)cc2)c1. The molecule has 1 N–H and O–H groups in total. The molecule has 1 amide bonds. The zero-order chi connectivity index (χ0) is 19.2. The van der Waals surface area contributed by atoms with E-state index in [9.17, 15) is 4.79 Å². The number of nitrogens with one attached hydrogen (secondary N) is 1. The molecule has 0 heterocycles. The van der Waals surface area contributed by atoms with Crippen LogP contribution in [0.4, 0.5) is 0 Å². The van der Waals surface area contributed by atoms with Crippen molar-refractivity contribution >= 4 is 5.91 Å². The number of nitrogens with zero attached hydrogens (tertiary/aromatic N) is 1. The molecule has 4 heteroatoms. The lowest BCUT2D eigenvalue weighted by molar-refractivity contribution is -0.120. The fourth-order valence-electron chi connectivity index (χ4n) is 2.67. The first-order chi connectivity index (χ1) is 12.3. The third kappa shape index (κ3) is 5.63. The van der Waals surface area contributed by atoms with Gasteiger partial charge in [0.2, 0.25) is 5.91 Å². The van der Waals surface area contributed by atoms with E-state index >= 15 is 0 Å². The summed E-state index contributed by atoms with van der Waals surface area (Å²) < 4.78 is 6.14. The first-order valence-electron chi connectivity index (χ1n) is 8.81. The van der Waals surface area contributed by atoms with Gasteiger partial charge in [-0.2, -0.15) is 5.26 Å². The lowest BCUT2D eigenvalue weighted by atomic mass is 9.86. The fourth-order valence-corrected chi connectivity index (χ4v) is 2.67. The molecule has 4 nitrogen and oxygen atoms in total. The Bertz CT molecular complexity index is 796. The molecule has 0 radical (unpaired) electrons. The van der Waals surface area contributed by atoms with Gasteiger partial charge in [-0.15, -0.1) is 0 Å².